The Morgan fingerprint density at radius 1 is 1.55 bits per heavy atom. The molecule has 0 aromatic heterocycles. The van der Waals surface area contributed by atoms with E-state index in [1.165, 1.54) is 18.4 Å². The molecule has 0 aliphatic heterocycles. The third-order valence-corrected chi connectivity index (χ3v) is 2.15. The summed E-state index contributed by atoms with van der Waals surface area (Å²) < 4.78 is 0. The van der Waals surface area contributed by atoms with E-state index in [2.05, 4.69) is 32.7 Å². The second-order valence-corrected chi connectivity index (χ2v) is 3.38. The van der Waals surface area contributed by atoms with Gasteiger partial charge in [-0.1, -0.05) is 32.4 Å². The molecule has 0 aromatic carbocycles. The summed E-state index contributed by atoms with van der Waals surface area (Å²) in [7, 11) is 2.01. The summed E-state index contributed by atoms with van der Waals surface area (Å²) in [5, 5.41) is 3.29. The van der Waals surface area contributed by atoms with Crippen LogP contribution in [0.4, 0.5) is 0 Å². The van der Waals surface area contributed by atoms with Crippen LogP contribution in [-0.2, 0) is 0 Å². The van der Waals surface area contributed by atoms with Gasteiger partial charge in [0.1, 0.15) is 0 Å². The molecule has 1 nitrogen and oxygen atoms in total. The van der Waals surface area contributed by atoms with Crippen molar-refractivity contribution < 1.29 is 0 Å². The normalized spacial score (nSPS) is 16.0. The lowest BCUT2D eigenvalue weighted by molar-refractivity contribution is 0.414. The van der Waals surface area contributed by atoms with E-state index in [9.17, 15) is 0 Å². The quantitative estimate of drug-likeness (QED) is 0.602. The summed E-state index contributed by atoms with van der Waals surface area (Å²) in [4.78, 5) is 0. The fourth-order valence-corrected chi connectivity index (χ4v) is 1.64. The van der Waals surface area contributed by atoms with Crippen LogP contribution in [0.25, 0.3) is 0 Å². The zero-order chi connectivity index (χ0) is 8.85. The van der Waals surface area contributed by atoms with E-state index in [4.69, 9.17) is 0 Å². The van der Waals surface area contributed by atoms with Crippen molar-refractivity contribution >= 4 is 0 Å². The lowest BCUT2D eigenvalue weighted by Gasteiger charge is -2.23. The minimum Gasteiger partial charge on any atom is -0.313 e. The summed E-state index contributed by atoms with van der Waals surface area (Å²) in [6.45, 7) is 10.6. The third kappa shape index (κ3) is 3.57. The zero-order valence-corrected chi connectivity index (χ0v) is 8.28. The van der Waals surface area contributed by atoms with Crippen molar-refractivity contribution in [2.24, 2.45) is 5.92 Å². The lowest BCUT2D eigenvalue weighted by Crippen LogP contribution is -2.32. The molecule has 66 valence electrons. The number of hydrogen-bond acceptors (Lipinski definition) is 1. The molecule has 0 aliphatic rings. The second kappa shape index (κ2) is 5.36. The van der Waals surface area contributed by atoms with E-state index >= 15 is 0 Å². The highest BCUT2D eigenvalue weighted by atomic mass is 14.9. The summed E-state index contributed by atoms with van der Waals surface area (Å²) in [5.74, 6) is 0.711. The molecule has 0 radical (unpaired) electrons. The van der Waals surface area contributed by atoms with Crippen LogP contribution in [0.1, 0.15) is 33.6 Å². The van der Waals surface area contributed by atoms with E-state index in [0.29, 0.717) is 12.0 Å². The maximum atomic E-state index is 3.97. The molecule has 1 N–H and O–H groups in total. The van der Waals surface area contributed by atoms with Gasteiger partial charge in [0.05, 0.1) is 0 Å². The van der Waals surface area contributed by atoms with Crippen molar-refractivity contribution in [1.29, 1.82) is 0 Å². The summed E-state index contributed by atoms with van der Waals surface area (Å²) in [6, 6.07) is 0.495. The van der Waals surface area contributed by atoms with Gasteiger partial charge < -0.3 is 5.32 Å². The Hall–Kier alpha value is -0.300. The molecule has 2 unspecified atom stereocenters. The highest BCUT2D eigenvalue weighted by Crippen LogP contribution is 2.15. The van der Waals surface area contributed by atoms with Crippen LogP contribution in [0, 0.1) is 5.92 Å². The number of likely N-dealkylation sites (N-methyl/N-ethyl adjacent to an activating group) is 1. The van der Waals surface area contributed by atoms with Crippen molar-refractivity contribution in [1.82, 2.24) is 5.32 Å². The molecule has 0 heterocycles. The van der Waals surface area contributed by atoms with E-state index in [0.717, 1.165) is 0 Å². The molecule has 0 amide bonds. The first-order valence-electron chi connectivity index (χ1n) is 4.46. The first-order chi connectivity index (χ1) is 5.13. The number of hydrogen-bond donors (Lipinski definition) is 1. The first-order valence-corrected chi connectivity index (χ1v) is 4.46. The van der Waals surface area contributed by atoms with E-state index in [1.54, 1.807) is 0 Å². The Morgan fingerprint density at radius 2 is 2.09 bits per heavy atom. The van der Waals surface area contributed by atoms with Gasteiger partial charge in [-0.25, -0.2) is 0 Å². The largest absolute Gasteiger partial charge is 0.313 e. The molecule has 0 bridgehead atoms. The monoisotopic (exact) mass is 155 g/mol. The molecule has 0 fully saturated rings. The minimum absolute atomic E-state index is 0.495. The molecule has 2 atom stereocenters. The van der Waals surface area contributed by atoms with Crippen LogP contribution in [-0.4, -0.2) is 13.1 Å². The van der Waals surface area contributed by atoms with Gasteiger partial charge in [0.25, 0.3) is 0 Å². The molecule has 0 aromatic rings. The van der Waals surface area contributed by atoms with Gasteiger partial charge in [-0.05, 0) is 26.3 Å². The van der Waals surface area contributed by atoms with Crippen LogP contribution in [0.2, 0.25) is 0 Å². The van der Waals surface area contributed by atoms with E-state index in [1.807, 2.05) is 7.05 Å². The Morgan fingerprint density at radius 3 is 2.36 bits per heavy atom. The molecule has 0 saturated heterocycles. The molecule has 11 heavy (non-hydrogen) atoms. The van der Waals surface area contributed by atoms with Crippen molar-refractivity contribution in [2.75, 3.05) is 7.05 Å². The summed E-state index contributed by atoms with van der Waals surface area (Å²) in [6.07, 6.45) is 2.53. The summed E-state index contributed by atoms with van der Waals surface area (Å²) >= 11 is 0. The Bertz CT molecular complexity index is 118. The van der Waals surface area contributed by atoms with Gasteiger partial charge in [0.15, 0.2) is 0 Å². The van der Waals surface area contributed by atoms with Crippen molar-refractivity contribution in [3.63, 3.8) is 0 Å². The Balaban J connectivity index is 3.91. The number of nitrogens with one attached hydrogen (secondary N) is 1. The first kappa shape index (κ1) is 10.7. The maximum Gasteiger partial charge on any atom is 0.0297 e. The smallest absolute Gasteiger partial charge is 0.0297 e. The average Bonchev–Trinajstić information content (AvgIpc) is 1.88. The summed E-state index contributed by atoms with van der Waals surface area (Å²) in [5.41, 5.74) is 1.24. The second-order valence-electron chi connectivity index (χ2n) is 3.38. The Kier molecular flexibility index (Phi) is 5.22. The van der Waals surface area contributed by atoms with Crippen molar-refractivity contribution in [3.05, 3.63) is 12.2 Å². The topological polar surface area (TPSA) is 12.0 Å². The predicted octanol–water partition coefficient (Wildman–Crippen LogP) is 2.59. The van der Waals surface area contributed by atoms with Crippen LogP contribution in [0.15, 0.2) is 12.2 Å². The van der Waals surface area contributed by atoms with Gasteiger partial charge >= 0.3 is 0 Å². The molecule has 0 aliphatic carbocycles. The van der Waals surface area contributed by atoms with Crippen molar-refractivity contribution in [3.8, 4) is 0 Å². The average molecular weight is 155 g/mol. The fraction of sp³-hybridized carbons (Fsp3) is 0.800. The van der Waals surface area contributed by atoms with Crippen LogP contribution in [0.3, 0.4) is 0 Å². The molecule has 0 rings (SSSR count). The van der Waals surface area contributed by atoms with Crippen molar-refractivity contribution in [2.45, 2.75) is 39.7 Å². The van der Waals surface area contributed by atoms with Crippen LogP contribution >= 0.6 is 0 Å². The highest BCUT2D eigenvalue weighted by molar-refractivity contribution is 5.02. The van der Waals surface area contributed by atoms with Gasteiger partial charge in [-0.2, -0.15) is 0 Å². The van der Waals surface area contributed by atoms with Gasteiger partial charge in [-0.15, -0.1) is 0 Å². The van der Waals surface area contributed by atoms with Crippen LogP contribution < -0.4 is 5.32 Å². The fourth-order valence-electron chi connectivity index (χ4n) is 1.64. The van der Waals surface area contributed by atoms with Crippen LogP contribution in [0.5, 0.6) is 0 Å². The van der Waals surface area contributed by atoms with Gasteiger partial charge in [0.2, 0.25) is 0 Å². The third-order valence-electron chi connectivity index (χ3n) is 2.15. The zero-order valence-electron chi connectivity index (χ0n) is 8.28. The molecule has 0 saturated carbocycles. The van der Waals surface area contributed by atoms with E-state index in [-0.39, 0.29) is 0 Å². The Labute approximate surface area is 70.9 Å². The van der Waals surface area contributed by atoms with E-state index < -0.39 is 0 Å². The predicted molar refractivity (Wildman–Crippen MR) is 51.7 cm³/mol. The maximum absolute atomic E-state index is 3.97. The standard InChI is InChI=1S/C10H21N/c1-6-7-9(4)10(11-5)8(2)3/h9-11H,2,6-7H2,1,3-5H3. The number of rotatable bonds is 5. The highest BCUT2D eigenvalue weighted by Gasteiger charge is 2.14. The molecular formula is C10H21N. The minimum atomic E-state index is 0.495. The van der Waals surface area contributed by atoms with Gasteiger partial charge in [-0.3, -0.25) is 0 Å². The molecule has 1 heteroatoms. The lowest BCUT2D eigenvalue weighted by atomic mass is 9.92. The van der Waals surface area contributed by atoms with Gasteiger partial charge in [0, 0.05) is 6.04 Å². The SMILES string of the molecule is C=C(C)C(NC)C(C)CCC. The molecule has 0 spiro atoms. The molecular weight excluding hydrogens is 134 g/mol.